The molecule has 0 aliphatic heterocycles. The van der Waals surface area contributed by atoms with E-state index in [9.17, 15) is 43.6 Å². The number of rotatable bonds is 6. The van der Waals surface area contributed by atoms with Gasteiger partial charge in [0.1, 0.15) is 0 Å². The molecule has 14 nitrogen and oxygen atoms in total. The third kappa shape index (κ3) is 6.38. The number of phenolic OH excluding ortho intramolecular Hbond substituents is 2. The Morgan fingerprint density at radius 1 is 0.675 bits per heavy atom. The Hall–Kier alpha value is -3.26. The zero-order valence-electron chi connectivity index (χ0n) is 19.9. The van der Waals surface area contributed by atoms with Gasteiger partial charge in [-0.3, -0.25) is 0 Å². The van der Waals surface area contributed by atoms with E-state index in [2.05, 4.69) is 20.5 Å². The SMILES string of the molecule is O=[AsH]=C1C=CC=C(N=Nc2c(S(=O)(=O)O)cc3cc(S(=O)(=O)O)c(N=NC4=CC=CC(=[AsH]=O)C4)c(O)c3c2O)C1. The summed E-state index contributed by atoms with van der Waals surface area (Å²) in [6, 6.07) is 1.44. The van der Waals surface area contributed by atoms with Crippen molar-refractivity contribution in [1.82, 2.24) is 0 Å². The minimum atomic E-state index is -5.09. The molecule has 0 saturated carbocycles. The Labute approximate surface area is 238 Å². The van der Waals surface area contributed by atoms with Gasteiger partial charge in [0.25, 0.3) is 0 Å². The van der Waals surface area contributed by atoms with Crippen molar-refractivity contribution >= 4 is 81.5 Å². The first-order valence-corrected chi connectivity index (χ1v) is 17.6. The molecule has 0 saturated heterocycles. The van der Waals surface area contributed by atoms with Crippen LogP contribution in [0.2, 0.25) is 0 Å². The molecule has 2 aliphatic carbocycles. The first-order valence-electron chi connectivity index (χ1n) is 10.9. The monoisotopic (exact) mass is 712 g/mol. The van der Waals surface area contributed by atoms with Crippen molar-refractivity contribution in [2.75, 3.05) is 0 Å². The summed E-state index contributed by atoms with van der Waals surface area (Å²) >= 11 is -3.24. The van der Waals surface area contributed by atoms with Crippen LogP contribution in [0.25, 0.3) is 10.8 Å². The zero-order valence-corrected chi connectivity index (χ0v) is 25.7. The van der Waals surface area contributed by atoms with Crippen LogP contribution in [0.1, 0.15) is 12.8 Å². The molecule has 2 aromatic rings. The van der Waals surface area contributed by atoms with Gasteiger partial charge in [-0.2, -0.15) is 0 Å². The van der Waals surface area contributed by atoms with Gasteiger partial charge in [-0.25, -0.2) is 0 Å². The van der Waals surface area contributed by atoms with Crippen LogP contribution in [0.4, 0.5) is 11.4 Å². The quantitative estimate of drug-likeness (QED) is 0.194. The molecule has 18 heteroatoms. The molecule has 4 rings (SSSR count). The van der Waals surface area contributed by atoms with E-state index in [1.807, 2.05) is 0 Å². The van der Waals surface area contributed by atoms with Crippen molar-refractivity contribution in [3.8, 4) is 11.5 Å². The summed E-state index contributed by atoms with van der Waals surface area (Å²) in [6.45, 7) is 0. The number of allylic oxidation sites excluding steroid dienone is 8. The normalized spacial score (nSPS) is 16.6. The summed E-state index contributed by atoms with van der Waals surface area (Å²) in [5.41, 5.74) is -1.07. The van der Waals surface area contributed by atoms with Crippen LogP contribution in [0.5, 0.6) is 11.5 Å². The molecule has 40 heavy (non-hydrogen) atoms. The number of hydrogen-bond donors (Lipinski definition) is 4. The van der Waals surface area contributed by atoms with Crippen LogP contribution >= 0.6 is 0 Å². The molecule has 208 valence electrons. The van der Waals surface area contributed by atoms with Gasteiger partial charge in [0.2, 0.25) is 0 Å². The topological polar surface area (TPSA) is 233 Å². The molecule has 0 fully saturated rings. The molecule has 2 aliphatic rings. The van der Waals surface area contributed by atoms with E-state index in [0.717, 1.165) is 12.1 Å². The van der Waals surface area contributed by atoms with Gasteiger partial charge in [-0.1, -0.05) is 0 Å². The maximum absolute atomic E-state index is 12.1. The summed E-state index contributed by atoms with van der Waals surface area (Å²) < 4.78 is 91.9. The second kappa shape index (κ2) is 11.7. The van der Waals surface area contributed by atoms with Crippen molar-refractivity contribution in [2.24, 2.45) is 20.5 Å². The van der Waals surface area contributed by atoms with Gasteiger partial charge in [0, 0.05) is 0 Å². The van der Waals surface area contributed by atoms with Gasteiger partial charge in [-0.15, -0.1) is 0 Å². The number of nitrogens with zero attached hydrogens (tertiary/aromatic N) is 4. The third-order valence-corrected chi connectivity index (χ3v) is 9.82. The van der Waals surface area contributed by atoms with E-state index in [0.29, 0.717) is 8.61 Å². The van der Waals surface area contributed by atoms with Gasteiger partial charge in [0.05, 0.1) is 0 Å². The summed E-state index contributed by atoms with van der Waals surface area (Å²) in [5, 5.41) is 36.3. The number of fused-ring (bicyclic) bond motifs is 1. The number of aromatic hydroxyl groups is 2. The Balaban J connectivity index is 1.97. The van der Waals surface area contributed by atoms with Gasteiger partial charge in [-0.05, 0) is 0 Å². The minimum absolute atomic E-state index is 0.144. The molecule has 0 spiro atoms. The predicted molar refractivity (Wildman–Crippen MR) is 145 cm³/mol. The van der Waals surface area contributed by atoms with Crippen LogP contribution < -0.4 is 0 Å². The molecule has 0 bridgehead atoms. The molecule has 4 N–H and O–H groups in total. The molecular weight excluding hydrogens is 694 g/mol. The Bertz CT molecular complexity index is 1840. The van der Waals surface area contributed by atoms with E-state index in [4.69, 9.17) is 0 Å². The van der Waals surface area contributed by atoms with Crippen LogP contribution in [0.15, 0.2) is 90.2 Å². The fourth-order valence-corrected chi connectivity index (χ4v) is 6.80. The second-order valence-electron chi connectivity index (χ2n) is 8.23. The van der Waals surface area contributed by atoms with Crippen LogP contribution in [0, 0.1) is 0 Å². The van der Waals surface area contributed by atoms with Crippen molar-refractivity contribution in [3.63, 3.8) is 0 Å². The van der Waals surface area contributed by atoms with Crippen molar-refractivity contribution < 1.29 is 43.6 Å². The van der Waals surface area contributed by atoms with E-state index in [-0.39, 0.29) is 24.2 Å². The van der Waals surface area contributed by atoms with E-state index < -0.39 is 94.2 Å². The summed E-state index contributed by atoms with van der Waals surface area (Å²) in [4.78, 5) is -1.96. The van der Waals surface area contributed by atoms with Crippen LogP contribution in [-0.2, 0) is 27.7 Å². The molecule has 0 aromatic heterocycles. The Morgan fingerprint density at radius 3 is 1.43 bits per heavy atom. The molecular formula is C22H18As2N4O10S2. The number of azo groups is 2. The molecule has 0 amide bonds. The number of benzene rings is 2. The van der Waals surface area contributed by atoms with Crippen molar-refractivity contribution in [2.45, 2.75) is 22.6 Å². The summed E-state index contributed by atoms with van der Waals surface area (Å²) in [6.07, 6.45) is 9.65. The van der Waals surface area contributed by atoms with Crippen molar-refractivity contribution in [3.05, 3.63) is 60.0 Å². The van der Waals surface area contributed by atoms with E-state index >= 15 is 0 Å². The van der Waals surface area contributed by atoms with Crippen LogP contribution in [-0.4, -0.2) is 75.3 Å². The summed E-state index contributed by atoms with van der Waals surface area (Å²) in [7, 11) is -10.2. The molecule has 0 heterocycles. The van der Waals surface area contributed by atoms with Crippen LogP contribution in [0.3, 0.4) is 0 Å². The first kappa shape index (κ1) is 29.7. The van der Waals surface area contributed by atoms with Gasteiger partial charge in [0.15, 0.2) is 0 Å². The standard InChI is InChI=1S/C22H18As2N4O10S2/c29-21-18-11(7-16(39(33,34)35)19(21)27-25-14-5-1-3-12(9-14)23-31)8-17(40(36,37)38)20(22(18)30)28-26-15-6-2-4-13(10-15)24-32/h1-8,23-24,29-30H,9-10H2,(H,33,34,35)(H,36,37,38). The molecule has 2 atom stereocenters. The van der Waals surface area contributed by atoms with E-state index in [1.54, 1.807) is 24.3 Å². The fraction of sp³-hybridized carbons (Fsp3) is 0.0909. The Kier molecular flexibility index (Phi) is 8.68. The first-order chi connectivity index (χ1) is 18.8. The van der Waals surface area contributed by atoms with Crippen molar-refractivity contribution in [1.29, 1.82) is 0 Å². The summed E-state index contributed by atoms with van der Waals surface area (Å²) in [5.74, 6) is -2.02. The second-order valence-corrected chi connectivity index (χ2v) is 14.6. The maximum atomic E-state index is 12.1. The Morgan fingerprint density at radius 2 is 1.07 bits per heavy atom. The fourth-order valence-electron chi connectivity index (χ4n) is 3.73. The van der Waals surface area contributed by atoms with Gasteiger partial charge >= 0.3 is 240 Å². The third-order valence-electron chi connectivity index (χ3n) is 5.54. The average Bonchev–Trinajstić information content (AvgIpc) is 2.90. The van der Waals surface area contributed by atoms with Gasteiger partial charge < -0.3 is 0 Å². The zero-order chi connectivity index (χ0) is 29.2. The number of phenols is 2. The predicted octanol–water partition coefficient (Wildman–Crippen LogP) is 2.51. The molecule has 0 radical (unpaired) electrons. The molecule has 2 unspecified atom stereocenters. The molecule has 2 aromatic carbocycles. The number of hydrogen-bond acceptors (Lipinski definition) is 12. The average molecular weight is 712 g/mol. The van der Waals surface area contributed by atoms with E-state index in [1.165, 1.54) is 12.2 Å².